The fourth-order valence-corrected chi connectivity index (χ4v) is 2.54. The van der Waals surface area contributed by atoms with E-state index in [1.807, 2.05) is 13.8 Å². The Morgan fingerprint density at radius 3 is 2.41 bits per heavy atom. The van der Waals surface area contributed by atoms with Crippen LogP contribution in [0, 0.1) is 0 Å². The van der Waals surface area contributed by atoms with Crippen LogP contribution in [-0.4, -0.2) is 38.7 Å². The Balaban J connectivity index is 2.11. The predicted molar refractivity (Wildman–Crippen MR) is 101 cm³/mol. The first-order chi connectivity index (χ1) is 12.8. The van der Waals surface area contributed by atoms with Crippen molar-refractivity contribution < 1.29 is 28.5 Å². The first kappa shape index (κ1) is 20.6. The molecule has 0 aliphatic carbocycles. The smallest absolute Gasteiger partial charge is 0.338 e. The molecule has 0 saturated heterocycles. The van der Waals surface area contributed by atoms with Crippen LogP contribution in [-0.2, 0) is 4.74 Å². The van der Waals surface area contributed by atoms with Gasteiger partial charge in [-0.3, -0.25) is 4.79 Å². The molecule has 0 aliphatic heterocycles. The molecule has 0 aliphatic rings. The molecule has 2 aromatic rings. The zero-order valence-electron chi connectivity index (χ0n) is 15.6. The lowest BCUT2D eigenvalue weighted by Crippen LogP contribution is -2.15. The SMILES string of the molecule is COc1cccc(C(=O)COC(=O)c2cc(Cl)c(OC(C)C)c(OC)c2)c1. The van der Waals surface area contributed by atoms with Gasteiger partial charge in [0, 0.05) is 5.56 Å². The maximum Gasteiger partial charge on any atom is 0.338 e. The minimum absolute atomic E-state index is 0.116. The number of methoxy groups -OCH3 is 2. The van der Waals surface area contributed by atoms with Crippen LogP contribution >= 0.6 is 11.6 Å². The monoisotopic (exact) mass is 392 g/mol. The van der Waals surface area contributed by atoms with Gasteiger partial charge in [-0.1, -0.05) is 23.7 Å². The zero-order valence-corrected chi connectivity index (χ0v) is 16.3. The molecule has 2 aromatic carbocycles. The Bertz CT molecular complexity index is 831. The molecule has 0 heterocycles. The number of hydrogen-bond acceptors (Lipinski definition) is 6. The van der Waals surface area contributed by atoms with Crippen molar-refractivity contribution in [2.45, 2.75) is 20.0 Å². The van der Waals surface area contributed by atoms with Crippen LogP contribution in [0.15, 0.2) is 36.4 Å². The van der Waals surface area contributed by atoms with Crippen LogP contribution < -0.4 is 14.2 Å². The lowest BCUT2D eigenvalue weighted by atomic mass is 10.1. The van der Waals surface area contributed by atoms with E-state index >= 15 is 0 Å². The van der Waals surface area contributed by atoms with Crippen molar-refractivity contribution in [1.29, 1.82) is 0 Å². The van der Waals surface area contributed by atoms with Gasteiger partial charge < -0.3 is 18.9 Å². The third-order valence-corrected chi connectivity index (χ3v) is 3.83. The van der Waals surface area contributed by atoms with Gasteiger partial charge in [0.25, 0.3) is 0 Å². The van der Waals surface area contributed by atoms with Crippen molar-refractivity contribution in [3.63, 3.8) is 0 Å². The van der Waals surface area contributed by atoms with Gasteiger partial charge in [-0.15, -0.1) is 0 Å². The summed E-state index contributed by atoms with van der Waals surface area (Å²) in [5, 5.41) is 0.217. The summed E-state index contributed by atoms with van der Waals surface area (Å²) in [6.45, 7) is 3.29. The average Bonchev–Trinajstić information content (AvgIpc) is 2.66. The lowest BCUT2D eigenvalue weighted by molar-refractivity contribution is 0.0474. The first-order valence-corrected chi connectivity index (χ1v) is 8.62. The number of esters is 1. The van der Waals surface area contributed by atoms with Crippen molar-refractivity contribution in [3.8, 4) is 17.2 Å². The summed E-state index contributed by atoms with van der Waals surface area (Å²) in [7, 11) is 2.95. The number of carbonyl (C=O) groups excluding carboxylic acids is 2. The van der Waals surface area contributed by atoms with Crippen molar-refractivity contribution in [1.82, 2.24) is 0 Å². The normalized spacial score (nSPS) is 10.4. The topological polar surface area (TPSA) is 71.1 Å². The second-order valence-electron chi connectivity index (χ2n) is 5.89. The molecular weight excluding hydrogens is 372 g/mol. The molecule has 0 aromatic heterocycles. The van der Waals surface area contributed by atoms with Crippen LogP contribution in [0.2, 0.25) is 5.02 Å². The van der Waals surface area contributed by atoms with E-state index in [9.17, 15) is 9.59 Å². The summed E-state index contributed by atoms with van der Waals surface area (Å²) in [5.74, 6) is 0.160. The molecule has 27 heavy (non-hydrogen) atoms. The first-order valence-electron chi connectivity index (χ1n) is 8.24. The largest absolute Gasteiger partial charge is 0.497 e. The Morgan fingerprint density at radius 1 is 1.04 bits per heavy atom. The Labute approximate surface area is 162 Å². The van der Waals surface area contributed by atoms with Crippen LogP contribution in [0.1, 0.15) is 34.6 Å². The zero-order chi connectivity index (χ0) is 20.0. The summed E-state index contributed by atoms with van der Waals surface area (Å²) in [5.41, 5.74) is 0.546. The number of halogens is 1. The number of ketones is 1. The third kappa shape index (κ3) is 5.37. The molecule has 0 spiro atoms. The van der Waals surface area contributed by atoms with E-state index in [0.717, 1.165) is 0 Å². The van der Waals surface area contributed by atoms with Crippen LogP contribution in [0.4, 0.5) is 0 Å². The molecule has 0 unspecified atom stereocenters. The van der Waals surface area contributed by atoms with Crippen molar-refractivity contribution in [2.75, 3.05) is 20.8 Å². The predicted octanol–water partition coefficient (Wildman–Crippen LogP) is 4.18. The average molecular weight is 393 g/mol. The second-order valence-corrected chi connectivity index (χ2v) is 6.29. The van der Waals surface area contributed by atoms with Gasteiger partial charge in [0.15, 0.2) is 23.9 Å². The maximum absolute atomic E-state index is 12.3. The molecule has 7 heteroatoms. The van der Waals surface area contributed by atoms with E-state index in [1.54, 1.807) is 24.3 Å². The van der Waals surface area contributed by atoms with Gasteiger partial charge in [-0.2, -0.15) is 0 Å². The van der Waals surface area contributed by atoms with Crippen molar-refractivity contribution >= 4 is 23.4 Å². The van der Waals surface area contributed by atoms with Crippen molar-refractivity contribution in [2.24, 2.45) is 0 Å². The molecule has 0 radical (unpaired) electrons. The fourth-order valence-electron chi connectivity index (χ4n) is 2.28. The molecule has 0 atom stereocenters. The highest BCUT2D eigenvalue weighted by atomic mass is 35.5. The standard InChI is InChI=1S/C20H21ClO6/c1-12(2)27-19-16(21)9-14(10-18(19)25-4)20(23)26-11-17(22)13-6-5-7-15(8-13)24-3/h5-10,12H,11H2,1-4H3. The number of carbonyl (C=O) groups is 2. The van der Waals surface area contributed by atoms with Gasteiger partial charge in [0.05, 0.1) is 30.9 Å². The highest BCUT2D eigenvalue weighted by Crippen LogP contribution is 2.37. The fraction of sp³-hybridized carbons (Fsp3) is 0.300. The number of benzene rings is 2. The van der Waals surface area contributed by atoms with Crippen LogP contribution in [0.3, 0.4) is 0 Å². The van der Waals surface area contributed by atoms with E-state index in [-0.39, 0.29) is 22.5 Å². The van der Waals surface area contributed by atoms with E-state index in [2.05, 4.69) is 0 Å². The van der Waals surface area contributed by atoms with Gasteiger partial charge in [0.2, 0.25) is 0 Å². The van der Waals surface area contributed by atoms with Crippen molar-refractivity contribution in [3.05, 3.63) is 52.5 Å². The van der Waals surface area contributed by atoms with E-state index in [0.29, 0.717) is 22.8 Å². The molecular formula is C20H21ClO6. The quantitative estimate of drug-likeness (QED) is 0.495. The summed E-state index contributed by atoms with van der Waals surface area (Å²) < 4.78 is 21.0. The number of hydrogen-bond donors (Lipinski definition) is 0. The molecule has 0 fully saturated rings. The maximum atomic E-state index is 12.3. The Morgan fingerprint density at radius 2 is 1.78 bits per heavy atom. The second kappa shape index (κ2) is 9.28. The number of Topliss-reactive ketones (excluding diaryl/α,β-unsaturated/α-hetero) is 1. The summed E-state index contributed by atoms with van der Waals surface area (Å²) in [6, 6.07) is 9.48. The molecule has 0 saturated carbocycles. The highest BCUT2D eigenvalue weighted by Gasteiger charge is 2.19. The lowest BCUT2D eigenvalue weighted by Gasteiger charge is -2.16. The summed E-state index contributed by atoms with van der Waals surface area (Å²) in [4.78, 5) is 24.5. The molecule has 144 valence electrons. The Hall–Kier alpha value is -2.73. The van der Waals surface area contributed by atoms with Gasteiger partial charge in [-0.25, -0.2) is 4.79 Å². The van der Waals surface area contributed by atoms with E-state index in [1.165, 1.54) is 26.4 Å². The van der Waals surface area contributed by atoms with Gasteiger partial charge in [-0.05, 0) is 38.1 Å². The molecule has 0 amide bonds. The molecule has 0 bridgehead atoms. The number of rotatable bonds is 8. The van der Waals surface area contributed by atoms with E-state index in [4.69, 9.17) is 30.5 Å². The summed E-state index contributed by atoms with van der Waals surface area (Å²) >= 11 is 6.20. The van der Waals surface area contributed by atoms with Gasteiger partial charge >= 0.3 is 5.97 Å². The van der Waals surface area contributed by atoms with Gasteiger partial charge in [0.1, 0.15) is 5.75 Å². The minimum atomic E-state index is -0.692. The highest BCUT2D eigenvalue weighted by molar-refractivity contribution is 6.32. The van der Waals surface area contributed by atoms with Crippen LogP contribution in [0.25, 0.3) is 0 Å². The minimum Gasteiger partial charge on any atom is -0.497 e. The third-order valence-electron chi connectivity index (χ3n) is 3.54. The Kier molecular flexibility index (Phi) is 7.07. The van der Waals surface area contributed by atoms with Crippen LogP contribution in [0.5, 0.6) is 17.2 Å². The molecule has 2 rings (SSSR count). The molecule has 6 nitrogen and oxygen atoms in total. The molecule has 0 N–H and O–H groups in total. The number of ether oxygens (including phenoxy) is 4. The van der Waals surface area contributed by atoms with E-state index < -0.39 is 12.6 Å². The summed E-state index contributed by atoms with van der Waals surface area (Å²) in [6.07, 6.45) is -0.116.